The number of carbonyl (C=O) groups is 1. The van der Waals surface area contributed by atoms with Gasteiger partial charge in [0, 0.05) is 31.0 Å². The van der Waals surface area contributed by atoms with Gasteiger partial charge >= 0.3 is 0 Å². The average Bonchev–Trinajstić information content (AvgIpc) is 3.23. The third-order valence-corrected chi connectivity index (χ3v) is 7.53. The minimum Gasteiger partial charge on any atom is -0.337 e. The zero-order valence-electron chi connectivity index (χ0n) is 18.9. The molecule has 31 heavy (non-hydrogen) atoms. The van der Waals surface area contributed by atoms with Gasteiger partial charge in [-0.2, -0.15) is 0 Å². The number of hydrogen-bond acceptors (Lipinski definition) is 4. The van der Waals surface area contributed by atoms with Crippen LogP contribution in [0.5, 0.6) is 0 Å². The number of amides is 1. The Balaban J connectivity index is 1.47. The Morgan fingerprint density at radius 1 is 1.10 bits per heavy atom. The van der Waals surface area contributed by atoms with Crippen molar-refractivity contribution in [3.63, 3.8) is 0 Å². The fraction of sp³-hybridized carbons (Fsp3) is 0.708. The zero-order valence-corrected chi connectivity index (χ0v) is 18.9. The summed E-state index contributed by atoms with van der Waals surface area (Å²) in [6.07, 6.45) is 10.9. The molecule has 0 radical (unpaired) electrons. The van der Waals surface area contributed by atoms with E-state index in [1.165, 1.54) is 44.9 Å². The van der Waals surface area contributed by atoms with Gasteiger partial charge in [0.15, 0.2) is 5.65 Å². The summed E-state index contributed by atoms with van der Waals surface area (Å²) in [5.41, 5.74) is 3.31. The van der Waals surface area contributed by atoms with Crippen LogP contribution >= 0.6 is 0 Å². The van der Waals surface area contributed by atoms with Crippen molar-refractivity contribution in [2.45, 2.75) is 90.3 Å². The molecule has 2 aromatic rings. The van der Waals surface area contributed by atoms with Gasteiger partial charge in [0.2, 0.25) is 5.91 Å². The van der Waals surface area contributed by atoms with Crippen molar-refractivity contribution in [1.29, 1.82) is 0 Å². The van der Waals surface area contributed by atoms with Gasteiger partial charge in [0.25, 0.3) is 5.56 Å². The number of carbonyl (C=O) groups excluding carboxylic acids is 1. The van der Waals surface area contributed by atoms with Crippen LogP contribution in [0.4, 0.5) is 0 Å². The summed E-state index contributed by atoms with van der Waals surface area (Å²) in [5, 5.41) is 3.42. The lowest BCUT2D eigenvalue weighted by molar-refractivity contribution is -0.135. The largest absolute Gasteiger partial charge is 0.337 e. The standard InChI is InChI=1S/C24H35N5O2/c1-16(2)23(30)27-13-11-19-18(15-27)24(31)29-22(25-19)14-20(26-29)21-10-6-7-12-28(21)17-8-4-3-5-9-17/h14,16-17,21,26H,3-13,15H2,1-2H3/t21-/m1/s1. The number of aromatic nitrogens is 3. The molecule has 2 fully saturated rings. The van der Waals surface area contributed by atoms with Crippen LogP contribution in [-0.2, 0) is 17.8 Å². The summed E-state index contributed by atoms with van der Waals surface area (Å²) >= 11 is 0. The second kappa shape index (κ2) is 8.41. The van der Waals surface area contributed by atoms with E-state index < -0.39 is 0 Å². The highest BCUT2D eigenvalue weighted by Gasteiger charge is 2.33. The fourth-order valence-corrected chi connectivity index (χ4v) is 5.86. The van der Waals surface area contributed by atoms with Gasteiger partial charge in [-0.15, -0.1) is 0 Å². The molecular weight excluding hydrogens is 390 g/mol. The van der Waals surface area contributed by atoms with Crippen molar-refractivity contribution < 1.29 is 4.79 Å². The fourth-order valence-electron chi connectivity index (χ4n) is 5.86. The molecule has 4 heterocycles. The molecular formula is C24H35N5O2. The number of nitrogens with zero attached hydrogens (tertiary/aromatic N) is 4. The maximum atomic E-state index is 13.3. The van der Waals surface area contributed by atoms with Crippen molar-refractivity contribution in [2.24, 2.45) is 5.92 Å². The molecule has 1 amide bonds. The predicted molar refractivity (Wildman–Crippen MR) is 120 cm³/mol. The van der Waals surface area contributed by atoms with E-state index in [4.69, 9.17) is 4.98 Å². The Labute approximate surface area is 183 Å². The van der Waals surface area contributed by atoms with Gasteiger partial charge in [-0.05, 0) is 32.2 Å². The van der Waals surface area contributed by atoms with Crippen LogP contribution < -0.4 is 5.56 Å². The second-order valence-corrected chi connectivity index (χ2v) is 9.95. The van der Waals surface area contributed by atoms with E-state index >= 15 is 0 Å². The Kier molecular flexibility index (Phi) is 5.63. The molecule has 0 unspecified atom stereocenters. The molecule has 3 aliphatic rings. The summed E-state index contributed by atoms with van der Waals surface area (Å²) in [6.45, 7) is 5.97. The SMILES string of the molecule is CC(C)C(=O)N1CCc2nc3cc([C@H]4CCCCN4C4CCCCC4)[nH]n3c(=O)c2C1. The van der Waals surface area contributed by atoms with Crippen molar-refractivity contribution in [1.82, 2.24) is 24.4 Å². The van der Waals surface area contributed by atoms with Crippen LogP contribution in [0.15, 0.2) is 10.9 Å². The Morgan fingerprint density at radius 2 is 1.87 bits per heavy atom. The Bertz CT molecular complexity index is 1020. The predicted octanol–water partition coefficient (Wildman–Crippen LogP) is 3.42. The topological polar surface area (TPSA) is 73.7 Å². The van der Waals surface area contributed by atoms with E-state index in [0.29, 0.717) is 37.2 Å². The summed E-state index contributed by atoms with van der Waals surface area (Å²) in [5.74, 6) is 0.0443. The molecule has 168 valence electrons. The minimum absolute atomic E-state index is 0.0486. The third kappa shape index (κ3) is 3.81. The lowest BCUT2D eigenvalue weighted by Gasteiger charge is -2.42. The van der Waals surface area contributed by atoms with Gasteiger partial charge in [-0.3, -0.25) is 19.6 Å². The van der Waals surface area contributed by atoms with E-state index in [2.05, 4.69) is 16.1 Å². The number of aromatic amines is 1. The number of piperidine rings is 1. The maximum Gasteiger partial charge on any atom is 0.277 e. The molecule has 0 aromatic carbocycles. The summed E-state index contributed by atoms with van der Waals surface area (Å²) in [6, 6.07) is 3.10. The van der Waals surface area contributed by atoms with E-state index in [1.54, 1.807) is 9.42 Å². The highest BCUT2D eigenvalue weighted by atomic mass is 16.2. The summed E-state index contributed by atoms with van der Waals surface area (Å²) < 4.78 is 1.62. The first-order chi connectivity index (χ1) is 15.0. The first kappa shape index (κ1) is 20.7. The van der Waals surface area contributed by atoms with Gasteiger partial charge in [0.1, 0.15) is 0 Å². The van der Waals surface area contributed by atoms with Gasteiger partial charge < -0.3 is 4.90 Å². The van der Waals surface area contributed by atoms with Crippen LogP contribution in [0.3, 0.4) is 0 Å². The molecule has 1 N–H and O–H groups in total. The normalized spacial score (nSPS) is 23.5. The van der Waals surface area contributed by atoms with Crippen LogP contribution in [0, 0.1) is 5.92 Å². The molecule has 1 aliphatic carbocycles. The Morgan fingerprint density at radius 3 is 2.65 bits per heavy atom. The molecule has 2 aromatic heterocycles. The van der Waals surface area contributed by atoms with Gasteiger partial charge in [-0.1, -0.05) is 39.5 Å². The number of nitrogens with one attached hydrogen (secondary N) is 1. The van der Waals surface area contributed by atoms with Crippen molar-refractivity contribution in [2.75, 3.05) is 13.1 Å². The maximum absolute atomic E-state index is 13.3. The monoisotopic (exact) mass is 425 g/mol. The van der Waals surface area contributed by atoms with Crippen molar-refractivity contribution in [3.8, 4) is 0 Å². The molecule has 1 saturated carbocycles. The van der Waals surface area contributed by atoms with Gasteiger partial charge in [0.05, 0.1) is 29.5 Å². The van der Waals surface area contributed by atoms with E-state index in [1.807, 2.05) is 13.8 Å². The molecule has 0 spiro atoms. The first-order valence-corrected chi connectivity index (χ1v) is 12.2. The lowest BCUT2D eigenvalue weighted by atomic mass is 9.89. The number of rotatable bonds is 3. The first-order valence-electron chi connectivity index (χ1n) is 12.2. The second-order valence-electron chi connectivity index (χ2n) is 9.95. The van der Waals surface area contributed by atoms with Crippen molar-refractivity contribution in [3.05, 3.63) is 33.4 Å². The molecule has 7 nitrogen and oxygen atoms in total. The molecule has 5 rings (SSSR count). The average molecular weight is 426 g/mol. The van der Waals surface area contributed by atoms with Crippen LogP contribution in [0.25, 0.3) is 5.65 Å². The number of fused-ring (bicyclic) bond motifs is 2. The lowest BCUT2D eigenvalue weighted by Crippen LogP contribution is -2.42. The molecule has 7 heteroatoms. The van der Waals surface area contributed by atoms with E-state index in [9.17, 15) is 9.59 Å². The third-order valence-electron chi connectivity index (χ3n) is 7.53. The Hall–Kier alpha value is -2.15. The number of likely N-dealkylation sites (tertiary alicyclic amines) is 1. The smallest absolute Gasteiger partial charge is 0.277 e. The quantitative estimate of drug-likeness (QED) is 0.818. The zero-order chi connectivity index (χ0) is 21.5. The van der Waals surface area contributed by atoms with E-state index in [0.717, 1.165) is 30.0 Å². The van der Waals surface area contributed by atoms with E-state index in [-0.39, 0.29) is 17.4 Å². The van der Waals surface area contributed by atoms with Crippen LogP contribution in [0.2, 0.25) is 0 Å². The highest BCUT2D eigenvalue weighted by molar-refractivity contribution is 5.78. The molecule has 1 atom stereocenters. The molecule has 2 aliphatic heterocycles. The summed E-state index contributed by atoms with van der Waals surface area (Å²) in [4.78, 5) is 35.1. The number of H-pyrrole nitrogens is 1. The molecule has 1 saturated heterocycles. The number of hydrogen-bond donors (Lipinski definition) is 1. The summed E-state index contributed by atoms with van der Waals surface area (Å²) in [7, 11) is 0. The van der Waals surface area contributed by atoms with Crippen LogP contribution in [0.1, 0.15) is 88.2 Å². The molecule has 0 bridgehead atoms. The van der Waals surface area contributed by atoms with Gasteiger partial charge in [-0.25, -0.2) is 9.50 Å². The van der Waals surface area contributed by atoms with Crippen LogP contribution in [-0.4, -0.2) is 49.4 Å². The highest BCUT2D eigenvalue weighted by Crippen LogP contribution is 2.36. The van der Waals surface area contributed by atoms with Crippen molar-refractivity contribution >= 4 is 11.6 Å². The minimum atomic E-state index is -0.0600.